The summed E-state index contributed by atoms with van der Waals surface area (Å²) in [5.41, 5.74) is 2.07. The third kappa shape index (κ3) is 3.14. The molecule has 0 amide bonds. The molecule has 0 unspecified atom stereocenters. The molecule has 1 aliphatic heterocycles. The Labute approximate surface area is 147 Å². The number of aryl methyl sites for hydroxylation is 3. The van der Waals surface area contributed by atoms with Gasteiger partial charge in [-0.25, -0.2) is 15.0 Å². The highest BCUT2D eigenvalue weighted by atomic mass is 15.3. The van der Waals surface area contributed by atoms with Crippen LogP contribution >= 0.6 is 0 Å². The molecule has 0 aliphatic carbocycles. The first-order chi connectivity index (χ1) is 12.1. The fourth-order valence-electron chi connectivity index (χ4n) is 3.37. The zero-order chi connectivity index (χ0) is 17.4. The van der Waals surface area contributed by atoms with Crippen molar-refractivity contribution in [1.29, 1.82) is 0 Å². The maximum atomic E-state index is 4.69. The van der Waals surface area contributed by atoms with Crippen molar-refractivity contribution in [3.8, 4) is 0 Å². The molecular formula is C18H23N7. The Hall–Kier alpha value is -2.70. The summed E-state index contributed by atoms with van der Waals surface area (Å²) < 4.78 is 1.81. The lowest BCUT2D eigenvalue weighted by Crippen LogP contribution is -2.24. The number of fused-ring (bicyclic) bond motifs is 1. The first-order valence-corrected chi connectivity index (χ1v) is 8.68. The van der Waals surface area contributed by atoms with Crippen molar-refractivity contribution >= 4 is 22.7 Å². The maximum Gasteiger partial charge on any atom is 0.163 e. The van der Waals surface area contributed by atoms with Crippen molar-refractivity contribution in [2.75, 3.05) is 29.9 Å². The van der Waals surface area contributed by atoms with Gasteiger partial charge in [0.05, 0.1) is 11.6 Å². The lowest BCUT2D eigenvalue weighted by Gasteiger charge is -2.19. The molecule has 1 atom stereocenters. The summed E-state index contributed by atoms with van der Waals surface area (Å²) in [5.74, 6) is 3.31. The largest absolute Gasteiger partial charge is 0.370 e. The Morgan fingerprint density at radius 1 is 1.20 bits per heavy atom. The lowest BCUT2D eigenvalue weighted by molar-refractivity contribution is 0.621. The van der Waals surface area contributed by atoms with E-state index in [-0.39, 0.29) is 0 Å². The summed E-state index contributed by atoms with van der Waals surface area (Å²) in [6.45, 7) is 6.91. The van der Waals surface area contributed by atoms with Crippen LogP contribution in [0.2, 0.25) is 0 Å². The molecule has 7 heteroatoms. The average molecular weight is 337 g/mol. The SMILES string of the molecule is Cc1ccc(NC[C@H]2CCN(c3nc(C)nc4c3cnn4C)C2)nc1. The predicted octanol–water partition coefficient (Wildman–Crippen LogP) is 2.31. The van der Waals surface area contributed by atoms with Crippen LogP contribution in [-0.4, -0.2) is 44.4 Å². The maximum absolute atomic E-state index is 4.69. The molecule has 0 aromatic carbocycles. The zero-order valence-corrected chi connectivity index (χ0v) is 14.9. The second kappa shape index (κ2) is 6.31. The van der Waals surface area contributed by atoms with Crippen LogP contribution in [-0.2, 0) is 7.05 Å². The monoisotopic (exact) mass is 337 g/mol. The topological polar surface area (TPSA) is 71.8 Å². The minimum Gasteiger partial charge on any atom is -0.370 e. The normalized spacial score (nSPS) is 17.4. The van der Waals surface area contributed by atoms with Gasteiger partial charge in [-0.2, -0.15) is 5.10 Å². The molecule has 1 fully saturated rings. The van der Waals surface area contributed by atoms with E-state index in [4.69, 9.17) is 0 Å². The van der Waals surface area contributed by atoms with Gasteiger partial charge in [0.2, 0.25) is 0 Å². The average Bonchev–Trinajstić information content (AvgIpc) is 3.21. The molecule has 1 aliphatic rings. The Bertz CT molecular complexity index is 884. The van der Waals surface area contributed by atoms with Crippen LogP contribution in [0.15, 0.2) is 24.5 Å². The number of hydrogen-bond acceptors (Lipinski definition) is 6. The number of hydrogen-bond donors (Lipinski definition) is 1. The number of pyridine rings is 1. The quantitative estimate of drug-likeness (QED) is 0.788. The zero-order valence-electron chi connectivity index (χ0n) is 14.9. The van der Waals surface area contributed by atoms with E-state index in [9.17, 15) is 0 Å². The van der Waals surface area contributed by atoms with Gasteiger partial charge in [0.15, 0.2) is 5.65 Å². The van der Waals surface area contributed by atoms with E-state index in [1.165, 1.54) is 5.56 Å². The second-order valence-electron chi connectivity index (χ2n) is 6.80. The molecule has 1 saturated heterocycles. The van der Waals surface area contributed by atoms with Crippen molar-refractivity contribution in [2.24, 2.45) is 13.0 Å². The molecule has 0 saturated carbocycles. The summed E-state index contributed by atoms with van der Waals surface area (Å²) in [4.78, 5) is 16.0. The minimum atomic E-state index is 0.574. The van der Waals surface area contributed by atoms with Gasteiger partial charge in [0.25, 0.3) is 0 Å². The number of aromatic nitrogens is 5. The summed E-state index contributed by atoms with van der Waals surface area (Å²) in [6.07, 6.45) is 4.90. The van der Waals surface area contributed by atoms with E-state index in [2.05, 4.69) is 43.3 Å². The predicted molar refractivity (Wildman–Crippen MR) is 98.8 cm³/mol. The van der Waals surface area contributed by atoms with Crippen molar-refractivity contribution in [3.05, 3.63) is 35.9 Å². The van der Waals surface area contributed by atoms with E-state index < -0.39 is 0 Å². The summed E-state index contributed by atoms with van der Waals surface area (Å²) in [7, 11) is 1.92. The summed E-state index contributed by atoms with van der Waals surface area (Å²) >= 11 is 0. The summed E-state index contributed by atoms with van der Waals surface area (Å²) in [5, 5.41) is 8.82. The molecule has 4 heterocycles. The van der Waals surface area contributed by atoms with Gasteiger partial charge in [0, 0.05) is 32.9 Å². The Morgan fingerprint density at radius 3 is 2.88 bits per heavy atom. The molecule has 0 radical (unpaired) electrons. The van der Waals surface area contributed by atoms with Gasteiger partial charge < -0.3 is 10.2 Å². The smallest absolute Gasteiger partial charge is 0.163 e. The number of nitrogens with zero attached hydrogens (tertiary/aromatic N) is 6. The van der Waals surface area contributed by atoms with Crippen molar-refractivity contribution in [3.63, 3.8) is 0 Å². The van der Waals surface area contributed by atoms with Crippen LogP contribution in [0.3, 0.4) is 0 Å². The molecular weight excluding hydrogens is 314 g/mol. The van der Waals surface area contributed by atoms with Crippen LogP contribution in [0.25, 0.3) is 11.0 Å². The summed E-state index contributed by atoms with van der Waals surface area (Å²) in [6, 6.07) is 4.12. The van der Waals surface area contributed by atoms with E-state index in [1.54, 1.807) is 0 Å². The van der Waals surface area contributed by atoms with Crippen molar-refractivity contribution < 1.29 is 0 Å². The van der Waals surface area contributed by atoms with E-state index in [0.717, 1.165) is 54.5 Å². The Morgan fingerprint density at radius 2 is 2.08 bits per heavy atom. The third-order valence-corrected chi connectivity index (χ3v) is 4.75. The number of rotatable bonds is 4. The fraction of sp³-hybridized carbons (Fsp3) is 0.444. The standard InChI is InChI=1S/C18H23N7/c1-12-4-5-16(19-8-12)20-9-14-6-7-25(11-14)18-15-10-21-24(3)17(15)22-13(2)23-18/h4-5,8,10,14H,6-7,9,11H2,1-3H3,(H,19,20)/t14-/m1/s1. The van der Waals surface area contributed by atoms with Crippen molar-refractivity contribution in [2.45, 2.75) is 20.3 Å². The highest BCUT2D eigenvalue weighted by Gasteiger charge is 2.26. The lowest BCUT2D eigenvalue weighted by atomic mass is 10.1. The Kier molecular flexibility index (Phi) is 3.99. The molecule has 4 rings (SSSR count). The highest BCUT2D eigenvalue weighted by molar-refractivity contribution is 5.87. The van der Waals surface area contributed by atoms with E-state index in [1.807, 2.05) is 37.1 Å². The first kappa shape index (κ1) is 15.8. The molecule has 7 nitrogen and oxygen atoms in total. The van der Waals surface area contributed by atoms with Crippen molar-refractivity contribution in [1.82, 2.24) is 24.7 Å². The van der Waals surface area contributed by atoms with Gasteiger partial charge >= 0.3 is 0 Å². The number of nitrogens with one attached hydrogen (secondary N) is 1. The first-order valence-electron chi connectivity index (χ1n) is 8.68. The van der Waals surface area contributed by atoms with Crippen LogP contribution in [0.4, 0.5) is 11.6 Å². The molecule has 0 spiro atoms. The minimum absolute atomic E-state index is 0.574. The van der Waals surface area contributed by atoms with Crippen LogP contribution < -0.4 is 10.2 Å². The molecule has 130 valence electrons. The molecule has 25 heavy (non-hydrogen) atoms. The van der Waals surface area contributed by atoms with Crippen LogP contribution in [0.5, 0.6) is 0 Å². The molecule has 0 bridgehead atoms. The molecule has 1 N–H and O–H groups in total. The second-order valence-corrected chi connectivity index (χ2v) is 6.80. The van der Waals surface area contributed by atoms with Gasteiger partial charge in [-0.15, -0.1) is 0 Å². The highest BCUT2D eigenvalue weighted by Crippen LogP contribution is 2.28. The fourth-order valence-corrected chi connectivity index (χ4v) is 3.37. The van der Waals surface area contributed by atoms with Gasteiger partial charge in [-0.05, 0) is 37.8 Å². The third-order valence-electron chi connectivity index (χ3n) is 4.75. The van der Waals surface area contributed by atoms with Gasteiger partial charge in [-0.3, -0.25) is 4.68 Å². The van der Waals surface area contributed by atoms with Gasteiger partial charge in [0.1, 0.15) is 17.5 Å². The van der Waals surface area contributed by atoms with Crippen LogP contribution in [0.1, 0.15) is 17.8 Å². The van der Waals surface area contributed by atoms with Crippen LogP contribution in [0, 0.1) is 19.8 Å². The number of anilines is 2. The Balaban J connectivity index is 1.46. The van der Waals surface area contributed by atoms with E-state index in [0.29, 0.717) is 5.92 Å². The molecule has 3 aromatic rings. The van der Waals surface area contributed by atoms with E-state index >= 15 is 0 Å². The molecule has 3 aromatic heterocycles. The van der Waals surface area contributed by atoms with Gasteiger partial charge in [-0.1, -0.05) is 6.07 Å².